The average molecular weight is 172 g/mol. The second kappa shape index (κ2) is 3.05. The lowest BCUT2D eigenvalue weighted by atomic mass is 10.2. The zero-order valence-electron chi connectivity index (χ0n) is 7.45. The smallest absolute Gasteiger partial charge is 0.137 e. The van der Waals surface area contributed by atoms with Crippen LogP contribution in [0.4, 0.5) is 0 Å². The molecular weight excluding hydrogens is 162 g/mol. The molecule has 2 rings (SSSR count). The molecule has 0 aliphatic carbocycles. The van der Waals surface area contributed by atoms with Gasteiger partial charge in [-0.25, -0.2) is 0 Å². The molecule has 2 heterocycles. The third-order valence-corrected chi connectivity index (χ3v) is 1.79. The average Bonchev–Trinajstić information content (AvgIpc) is 2.51. The normalized spacial score (nSPS) is 12.3. The van der Waals surface area contributed by atoms with Crippen molar-refractivity contribution in [1.82, 2.24) is 4.98 Å². The Kier molecular flexibility index (Phi) is 1.89. The van der Waals surface area contributed by atoms with E-state index in [1.807, 2.05) is 25.1 Å². The highest BCUT2D eigenvalue weighted by atomic mass is 16.3. The van der Waals surface area contributed by atoms with Gasteiger partial charge in [0, 0.05) is 11.6 Å². The third-order valence-electron chi connectivity index (χ3n) is 1.79. The molecule has 0 fully saturated rings. The Morgan fingerprint density at radius 3 is 3.15 bits per heavy atom. The van der Waals surface area contributed by atoms with Crippen molar-refractivity contribution >= 4 is 17.0 Å². The van der Waals surface area contributed by atoms with Gasteiger partial charge in [0.1, 0.15) is 5.58 Å². The lowest BCUT2D eigenvalue weighted by Gasteiger charge is -1.95. The van der Waals surface area contributed by atoms with Crippen LogP contribution in [0.5, 0.6) is 0 Å². The molecule has 0 aromatic carbocycles. The topological polar surface area (TPSA) is 26.0 Å². The largest absolute Gasteiger partial charge is 0.464 e. The van der Waals surface area contributed by atoms with Crippen LogP contribution in [0, 0.1) is 6.92 Å². The monoisotopic (exact) mass is 172 g/mol. The van der Waals surface area contributed by atoms with Gasteiger partial charge < -0.3 is 4.42 Å². The highest BCUT2D eigenvalue weighted by Crippen LogP contribution is 2.19. The summed E-state index contributed by atoms with van der Waals surface area (Å²) in [6.45, 7) is 5.76. The first kappa shape index (κ1) is 8.05. The number of pyridine rings is 1. The molecule has 0 atom stereocenters. The first-order valence-corrected chi connectivity index (χ1v) is 4.10. The van der Waals surface area contributed by atoms with Crippen molar-refractivity contribution in [3.63, 3.8) is 0 Å². The summed E-state index contributed by atoms with van der Waals surface area (Å²) in [7, 11) is 0. The Hall–Kier alpha value is -1.57. The van der Waals surface area contributed by atoms with Crippen LogP contribution >= 0.6 is 0 Å². The first-order valence-electron chi connectivity index (χ1n) is 4.10. The Morgan fingerprint density at radius 2 is 2.38 bits per heavy atom. The minimum atomic E-state index is 0.863. The van der Waals surface area contributed by atoms with Crippen LogP contribution in [0.1, 0.15) is 12.6 Å². The number of hydrogen-bond donors (Lipinski definition) is 0. The second-order valence-electron chi connectivity index (χ2n) is 3.02. The van der Waals surface area contributed by atoms with E-state index in [2.05, 4.69) is 11.9 Å². The molecule has 0 aliphatic rings. The lowest BCUT2D eigenvalue weighted by Crippen LogP contribution is -1.80. The number of allylic oxidation sites excluding steroid dienone is 1. The molecule has 0 unspecified atom stereocenters. The molecule has 2 nitrogen and oxygen atoms in total. The highest BCUT2D eigenvalue weighted by molar-refractivity contribution is 5.85. The molecule has 0 saturated carbocycles. The molecule has 0 N–H and O–H groups in total. The maximum Gasteiger partial charge on any atom is 0.137 e. The summed E-state index contributed by atoms with van der Waals surface area (Å²) in [5.74, 6) is 0. The molecule has 2 heteroatoms. The number of hydrogen-bond acceptors (Lipinski definition) is 2. The number of furan rings is 1. The highest BCUT2D eigenvalue weighted by Gasteiger charge is 2.00. The van der Waals surface area contributed by atoms with E-state index >= 15 is 0 Å². The molecule has 13 heavy (non-hydrogen) atoms. The van der Waals surface area contributed by atoms with Gasteiger partial charge in [0.05, 0.1) is 12.0 Å². The summed E-state index contributed by atoms with van der Waals surface area (Å²) in [6.07, 6.45) is 5.35. The first-order chi connectivity index (χ1) is 6.27. The van der Waals surface area contributed by atoms with Gasteiger partial charge in [-0.05, 0) is 32.1 Å². The maximum atomic E-state index is 5.25. The van der Waals surface area contributed by atoms with Gasteiger partial charge >= 0.3 is 0 Å². The molecular formula is C11H10NO. The molecule has 0 saturated heterocycles. The third kappa shape index (κ3) is 1.47. The van der Waals surface area contributed by atoms with E-state index in [0.717, 1.165) is 22.2 Å². The van der Waals surface area contributed by atoms with Gasteiger partial charge in [0.15, 0.2) is 0 Å². The number of rotatable bonds is 1. The molecule has 1 radical (unpaired) electrons. The fourth-order valence-electron chi connectivity index (χ4n) is 1.26. The number of fused-ring (bicyclic) bond motifs is 1. The van der Waals surface area contributed by atoms with Crippen molar-refractivity contribution < 1.29 is 4.42 Å². The second-order valence-corrected chi connectivity index (χ2v) is 3.02. The Bertz CT molecular complexity index is 450. The lowest BCUT2D eigenvalue weighted by molar-refractivity contribution is 0.615. The SMILES string of the molecule is [CH2]C(C)=Cc1nccc2occc12. The van der Waals surface area contributed by atoms with Gasteiger partial charge in [-0.15, -0.1) is 0 Å². The molecule has 0 amide bonds. The van der Waals surface area contributed by atoms with Gasteiger partial charge in [0.2, 0.25) is 0 Å². The molecule has 0 spiro atoms. The predicted molar refractivity (Wildman–Crippen MR) is 53.0 cm³/mol. The van der Waals surface area contributed by atoms with Crippen molar-refractivity contribution in [1.29, 1.82) is 0 Å². The Morgan fingerprint density at radius 1 is 1.54 bits per heavy atom. The van der Waals surface area contributed by atoms with Crippen LogP contribution < -0.4 is 0 Å². The van der Waals surface area contributed by atoms with E-state index in [1.165, 1.54) is 0 Å². The van der Waals surface area contributed by atoms with E-state index in [-0.39, 0.29) is 0 Å². The molecule has 2 aromatic heterocycles. The predicted octanol–water partition coefficient (Wildman–Crippen LogP) is 3.07. The quantitative estimate of drug-likeness (QED) is 0.660. The van der Waals surface area contributed by atoms with Crippen LogP contribution in [0.15, 0.2) is 34.6 Å². The minimum absolute atomic E-state index is 0.863. The van der Waals surface area contributed by atoms with Crippen LogP contribution in [-0.2, 0) is 0 Å². The summed E-state index contributed by atoms with van der Waals surface area (Å²) in [4.78, 5) is 4.24. The summed E-state index contributed by atoms with van der Waals surface area (Å²) in [6, 6.07) is 3.77. The molecule has 0 aliphatic heterocycles. The van der Waals surface area contributed by atoms with Gasteiger partial charge in [0.25, 0.3) is 0 Å². The summed E-state index contributed by atoms with van der Waals surface area (Å²) in [5.41, 5.74) is 2.77. The van der Waals surface area contributed by atoms with Crippen molar-refractivity contribution in [2.45, 2.75) is 6.92 Å². The summed E-state index contributed by atoms with van der Waals surface area (Å²) >= 11 is 0. The van der Waals surface area contributed by atoms with Crippen molar-refractivity contribution in [3.8, 4) is 0 Å². The standard InChI is InChI=1S/C11H10NO/c1-8(2)7-10-9-4-6-13-11(9)3-5-12-10/h3-7H,1H2,2H3. The summed E-state index contributed by atoms with van der Waals surface area (Å²) in [5, 5.41) is 1.03. The number of aromatic nitrogens is 1. The fourth-order valence-corrected chi connectivity index (χ4v) is 1.26. The number of nitrogens with zero attached hydrogens (tertiary/aromatic N) is 1. The van der Waals surface area contributed by atoms with Gasteiger partial charge in [-0.3, -0.25) is 4.98 Å². The van der Waals surface area contributed by atoms with E-state index in [9.17, 15) is 0 Å². The fraction of sp³-hybridized carbons (Fsp3) is 0.0909. The molecule has 65 valence electrons. The zero-order valence-corrected chi connectivity index (χ0v) is 7.45. The minimum Gasteiger partial charge on any atom is -0.464 e. The van der Waals surface area contributed by atoms with E-state index in [1.54, 1.807) is 12.5 Å². The van der Waals surface area contributed by atoms with Crippen LogP contribution in [-0.4, -0.2) is 4.98 Å². The Balaban J connectivity index is 2.68. The van der Waals surface area contributed by atoms with Crippen molar-refractivity contribution in [2.24, 2.45) is 0 Å². The van der Waals surface area contributed by atoms with Crippen molar-refractivity contribution in [3.05, 3.63) is 42.8 Å². The van der Waals surface area contributed by atoms with E-state index < -0.39 is 0 Å². The van der Waals surface area contributed by atoms with Gasteiger partial charge in [-0.2, -0.15) is 0 Å². The summed E-state index contributed by atoms with van der Waals surface area (Å²) < 4.78 is 5.25. The maximum absolute atomic E-state index is 5.25. The zero-order chi connectivity index (χ0) is 9.26. The van der Waals surface area contributed by atoms with Gasteiger partial charge in [-0.1, -0.05) is 5.57 Å². The van der Waals surface area contributed by atoms with Crippen LogP contribution in [0.2, 0.25) is 0 Å². The van der Waals surface area contributed by atoms with E-state index in [4.69, 9.17) is 4.42 Å². The van der Waals surface area contributed by atoms with E-state index in [0.29, 0.717) is 0 Å². The van der Waals surface area contributed by atoms with Crippen LogP contribution in [0.3, 0.4) is 0 Å². The van der Waals surface area contributed by atoms with Crippen molar-refractivity contribution in [2.75, 3.05) is 0 Å². The molecule has 0 bridgehead atoms. The van der Waals surface area contributed by atoms with Crippen LogP contribution in [0.25, 0.3) is 17.0 Å². The Labute approximate surface area is 76.9 Å². The molecule has 2 aromatic rings.